The Balaban J connectivity index is 2.50. The molecule has 1 heterocycles. The van der Waals surface area contributed by atoms with Crippen molar-refractivity contribution < 1.29 is 4.74 Å². The van der Waals surface area contributed by atoms with E-state index in [4.69, 9.17) is 4.74 Å². The Morgan fingerprint density at radius 1 is 1.88 bits per heavy atom. The van der Waals surface area contributed by atoms with Gasteiger partial charge in [-0.3, -0.25) is 5.10 Å². The topological polar surface area (TPSA) is 37.9 Å². The Morgan fingerprint density at radius 3 is 3.25 bits per heavy atom. The SMILES string of the molecule is COCc1ccn[nH]1. The number of rotatable bonds is 2. The first-order valence-corrected chi connectivity index (χ1v) is 2.40. The van der Waals surface area contributed by atoms with Gasteiger partial charge in [-0.2, -0.15) is 5.10 Å². The van der Waals surface area contributed by atoms with Crippen LogP contribution in [0.1, 0.15) is 5.69 Å². The third-order valence-electron chi connectivity index (χ3n) is 0.858. The van der Waals surface area contributed by atoms with Gasteiger partial charge >= 0.3 is 0 Å². The number of hydrogen-bond donors (Lipinski definition) is 1. The van der Waals surface area contributed by atoms with E-state index in [9.17, 15) is 0 Å². The van der Waals surface area contributed by atoms with Gasteiger partial charge in [-0.05, 0) is 6.07 Å². The second kappa shape index (κ2) is 2.47. The molecule has 0 spiro atoms. The van der Waals surface area contributed by atoms with Gasteiger partial charge in [0.25, 0.3) is 0 Å². The minimum atomic E-state index is 0.611. The molecule has 3 nitrogen and oxygen atoms in total. The van der Waals surface area contributed by atoms with E-state index in [0.29, 0.717) is 6.61 Å². The van der Waals surface area contributed by atoms with E-state index >= 15 is 0 Å². The monoisotopic (exact) mass is 112 g/mol. The summed E-state index contributed by atoms with van der Waals surface area (Å²) in [6.07, 6.45) is 1.70. The lowest BCUT2D eigenvalue weighted by atomic mass is 10.5. The van der Waals surface area contributed by atoms with Gasteiger partial charge in [-0.15, -0.1) is 0 Å². The van der Waals surface area contributed by atoms with Crippen LogP contribution < -0.4 is 0 Å². The first-order valence-electron chi connectivity index (χ1n) is 2.40. The van der Waals surface area contributed by atoms with Crippen molar-refractivity contribution >= 4 is 0 Å². The number of nitrogens with one attached hydrogen (secondary N) is 1. The molecule has 0 aliphatic rings. The molecular weight excluding hydrogens is 104 g/mol. The molecule has 1 rings (SSSR count). The summed E-state index contributed by atoms with van der Waals surface area (Å²) < 4.78 is 4.81. The fourth-order valence-electron chi connectivity index (χ4n) is 0.521. The van der Waals surface area contributed by atoms with Crippen LogP contribution in [0.2, 0.25) is 0 Å². The van der Waals surface area contributed by atoms with E-state index in [-0.39, 0.29) is 0 Å². The molecule has 1 N–H and O–H groups in total. The van der Waals surface area contributed by atoms with Crippen LogP contribution in [0, 0.1) is 0 Å². The van der Waals surface area contributed by atoms with Crippen LogP contribution in [0.15, 0.2) is 12.3 Å². The number of ether oxygens (including phenoxy) is 1. The summed E-state index contributed by atoms with van der Waals surface area (Å²) in [5.74, 6) is 0. The van der Waals surface area contributed by atoms with Crippen molar-refractivity contribution in [1.82, 2.24) is 10.2 Å². The van der Waals surface area contributed by atoms with Gasteiger partial charge in [0.1, 0.15) is 0 Å². The number of methoxy groups -OCH3 is 1. The number of hydrogen-bond acceptors (Lipinski definition) is 2. The van der Waals surface area contributed by atoms with Crippen molar-refractivity contribution in [3.63, 3.8) is 0 Å². The number of aromatic amines is 1. The molecule has 8 heavy (non-hydrogen) atoms. The van der Waals surface area contributed by atoms with Crippen molar-refractivity contribution in [3.05, 3.63) is 18.0 Å². The highest BCUT2D eigenvalue weighted by molar-refractivity contribution is 4.94. The minimum absolute atomic E-state index is 0.611. The van der Waals surface area contributed by atoms with E-state index < -0.39 is 0 Å². The maximum absolute atomic E-state index is 4.81. The zero-order chi connectivity index (χ0) is 5.82. The largest absolute Gasteiger partial charge is 0.378 e. The Hall–Kier alpha value is -0.830. The van der Waals surface area contributed by atoms with Crippen LogP contribution in [0.25, 0.3) is 0 Å². The molecular formula is C5H8N2O. The van der Waals surface area contributed by atoms with Crippen molar-refractivity contribution in [1.29, 1.82) is 0 Å². The third-order valence-corrected chi connectivity index (χ3v) is 0.858. The van der Waals surface area contributed by atoms with Crippen LogP contribution in [0.4, 0.5) is 0 Å². The molecule has 0 unspecified atom stereocenters. The van der Waals surface area contributed by atoms with E-state index in [1.54, 1.807) is 13.3 Å². The molecule has 0 aliphatic heterocycles. The maximum atomic E-state index is 4.81. The molecule has 0 radical (unpaired) electrons. The Bertz CT molecular complexity index is 136. The van der Waals surface area contributed by atoms with Gasteiger partial charge in [0.15, 0.2) is 0 Å². The number of H-pyrrole nitrogens is 1. The first kappa shape index (κ1) is 5.31. The molecule has 0 saturated carbocycles. The highest BCUT2D eigenvalue weighted by atomic mass is 16.5. The summed E-state index contributed by atoms with van der Waals surface area (Å²) in [5, 5.41) is 6.50. The lowest BCUT2D eigenvalue weighted by Gasteiger charge is -1.89. The molecule has 0 fully saturated rings. The predicted octanol–water partition coefficient (Wildman–Crippen LogP) is 0.556. The lowest BCUT2D eigenvalue weighted by Crippen LogP contribution is -1.85. The Kier molecular flexibility index (Phi) is 1.64. The standard InChI is InChI=1S/C5H8N2O/c1-8-4-5-2-3-6-7-5/h2-3H,4H2,1H3,(H,6,7). The Morgan fingerprint density at radius 2 is 2.75 bits per heavy atom. The fourth-order valence-corrected chi connectivity index (χ4v) is 0.521. The highest BCUT2D eigenvalue weighted by Gasteiger charge is 1.87. The number of aromatic nitrogens is 2. The summed E-state index contributed by atoms with van der Waals surface area (Å²) in [5.41, 5.74) is 1.01. The summed E-state index contributed by atoms with van der Waals surface area (Å²) in [6.45, 7) is 0.611. The summed E-state index contributed by atoms with van der Waals surface area (Å²) >= 11 is 0. The van der Waals surface area contributed by atoms with E-state index in [1.165, 1.54) is 0 Å². The zero-order valence-electron chi connectivity index (χ0n) is 4.72. The molecule has 3 heteroatoms. The third kappa shape index (κ3) is 1.07. The average Bonchev–Trinajstić information content (AvgIpc) is 2.19. The molecule has 0 amide bonds. The highest BCUT2D eigenvalue weighted by Crippen LogP contribution is 1.90. The van der Waals surface area contributed by atoms with Gasteiger partial charge in [-0.1, -0.05) is 0 Å². The van der Waals surface area contributed by atoms with Crippen molar-refractivity contribution in [2.24, 2.45) is 0 Å². The van der Waals surface area contributed by atoms with Crippen LogP contribution in [0.3, 0.4) is 0 Å². The average molecular weight is 112 g/mol. The van der Waals surface area contributed by atoms with E-state index in [0.717, 1.165) is 5.69 Å². The van der Waals surface area contributed by atoms with Gasteiger partial charge < -0.3 is 4.74 Å². The molecule has 1 aromatic rings. The molecule has 0 atom stereocenters. The molecule has 0 saturated heterocycles. The Labute approximate surface area is 47.7 Å². The molecule has 1 aromatic heterocycles. The normalized spacial score (nSPS) is 9.62. The molecule has 0 aromatic carbocycles. The van der Waals surface area contributed by atoms with Gasteiger partial charge in [0.2, 0.25) is 0 Å². The second-order valence-corrected chi connectivity index (χ2v) is 1.51. The van der Waals surface area contributed by atoms with Crippen LogP contribution in [-0.2, 0) is 11.3 Å². The van der Waals surface area contributed by atoms with Crippen LogP contribution in [0.5, 0.6) is 0 Å². The lowest BCUT2D eigenvalue weighted by molar-refractivity contribution is 0.181. The van der Waals surface area contributed by atoms with E-state index in [1.807, 2.05) is 6.07 Å². The smallest absolute Gasteiger partial charge is 0.0878 e. The molecule has 44 valence electrons. The minimum Gasteiger partial charge on any atom is -0.378 e. The van der Waals surface area contributed by atoms with E-state index in [2.05, 4.69) is 10.2 Å². The quantitative estimate of drug-likeness (QED) is 0.606. The van der Waals surface area contributed by atoms with Crippen molar-refractivity contribution in [2.45, 2.75) is 6.61 Å². The number of nitrogens with zero attached hydrogens (tertiary/aromatic N) is 1. The van der Waals surface area contributed by atoms with Crippen molar-refractivity contribution in [2.75, 3.05) is 7.11 Å². The van der Waals surface area contributed by atoms with Crippen LogP contribution >= 0.6 is 0 Å². The molecule has 0 aliphatic carbocycles. The summed E-state index contributed by atoms with van der Waals surface area (Å²) in [7, 11) is 1.65. The zero-order valence-corrected chi connectivity index (χ0v) is 4.72. The van der Waals surface area contributed by atoms with Gasteiger partial charge in [-0.25, -0.2) is 0 Å². The first-order chi connectivity index (χ1) is 3.93. The van der Waals surface area contributed by atoms with Crippen molar-refractivity contribution in [3.8, 4) is 0 Å². The predicted molar refractivity (Wildman–Crippen MR) is 29.3 cm³/mol. The fraction of sp³-hybridized carbons (Fsp3) is 0.400. The summed E-state index contributed by atoms with van der Waals surface area (Å²) in [4.78, 5) is 0. The summed E-state index contributed by atoms with van der Waals surface area (Å²) in [6, 6.07) is 1.88. The van der Waals surface area contributed by atoms with Gasteiger partial charge in [0, 0.05) is 13.3 Å². The maximum Gasteiger partial charge on any atom is 0.0878 e. The van der Waals surface area contributed by atoms with Gasteiger partial charge in [0.05, 0.1) is 12.3 Å². The molecule has 0 bridgehead atoms. The second-order valence-electron chi connectivity index (χ2n) is 1.51. The van der Waals surface area contributed by atoms with Crippen LogP contribution in [-0.4, -0.2) is 17.3 Å².